The summed E-state index contributed by atoms with van der Waals surface area (Å²) in [4.78, 5) is 18.7. The van der Waals surface area contributed by atoms with Gasteiger partial charge in [-0.25, -0.2) is 13.8 Å². The normalized spacial score (nSPS) is 14.6. The number of halogens is 2. The number of amides is 1. The second-order valence-electron chi connectivity index (χ2n) is 8.01. The van der Waals surface area contributed by atoms with Gasteiger partial charge in [-0.2, -0.15) is 0 Å². The molecule has 0 aliphatic carbocycles. The van der Waals surface area contributed by atoms with Crippen LogP contribution in [-0.2, 0) is 11.2 Å². The average Bonchev–Trinajstić information content (AvgIpc) is 3.22. The van der Waals surface area contributed by atoms with E-state index in [9.17, 15) is 13.6 Å². The summed E-state index contributed by atoms with van der Waals surface area (Å²) in [5.41, 5.74) is 2.04. The number of hydrogen-bond acceptors (Lipinski definition) is 4. The summed E-state index contributed by atoms with van der Waals surface area (Å²) in [6, 6.07) is 11.1. The summed E-state index contributed by atoms with van der Waals surface area (Å²) < 4.78 is 32.4. The molecule has 1 aromatic heterocycles. The smallest absolute Gasteiger partial charge is 0.224 e. The maximum absolute atomic E-state index is 13.9. The summed E-state index contributed by atoms with van der Waals surface area (Å²) in [5, 5.41) is 2.87. The number of piperidine rings is 1. The number of carbonyl (C=O) groups is 1. The van der Waals surface area contributed by atoms with Gasteiger partial charge in [0.15, 0.2) is 11.7 Å². The molecule has 0 radical (unpaired) electrons. The van der Waals surface area contributed by atoms with Crippen molar-refractivity contribution in [3.8, 4) is 11.3 Å². The van der Waals surface area contributed by atoms with Gasteiger partial charge < -0.3 is 14.6 Å². The minimum Gasteiger partial charge on any atom is -0.441 e. The number of benzene rings is 2. The van der Waals surface area contributed by atoms with Crippen molar-refractivity contribution < 1.29 is 18.0 Å². The number of hydrogen-bond donors (Lipinski definition) is 1. The van der Waals surface area contributed by atoms with Crippen LogP contribution >= 0.6 is 0 Å². The van der Waals surface area contributed by atoms with E-state index in [2.05, 4.69) is 22.1 Å². The minimum atomic E-state index is -0.719. The summed E-state index contributed by atoms with van der Waals surface area (Å²) in [7, 11) is 0. The first kappa shape index (κ1) is 21.0. The molecule has 3 aromatic rings. The Morgan fingerprint density at radius 1 is 1.16 bits per heavy atom. The van der Waals surface area contributed by atoms with Crippen molar-refractivity contribution in [3.05, 3.63) is 66.2 Å². The van der Waals surface area contributed by atoms with E-state index in [0.717, 1.165) is 36.8 Å². The molecule has 1 aliphatic rings. The molecule has 0 bridgehead atoms. The minimum absolute atomic E-state index is 0.132. The lowest BCUT2D eigenvalue weighted by Gasteiger charge is -2.32. The molecule has 0 spiro atoms. The summed E-state index contributed by atoms with van der Waals surface area (Å²) in [5.74, 6) is -0.227. The van der Waals surface area contributed by atoms with Gasteiger partial charge in [0.25, 0.3) is 0 Å². The predicted molar refractivity (Wildman–Crippen MR) is 116 cm³/mol. The Bertz CT molecular complexity index is 1040. The van der Waals surface area contributed by atoms with E-state index >= 15 is 0 Å². The first-order chi connectivity index (χ1) is 15.0. The van der Waals surface area contributed by atoms with Crippen molar-refractivity contribution in [2.45, 2.75) is 32.6 Å². The van der Waals surface area contributed by atoms with Crippen LogP contribution in [0, 0.1) is 17.6 Å². The van der Waals surface area contributed by atoms with E-state index in [1.807, 2.05) is 24.3 Å². The fraction of sp³-hybridized carbons (Fsp3) is 0.333. The van der Waals surface area contributed by atoms with Gasteiger partial charge in [0.2, 0.25) is 5.91 Å². The maximum atomic E-state index is 13.9. The second kappa shape index (κ2) is 9.29. The first-order valence-electron chi connectivity index (χ1n) is 10.5. The predicted octanol–water partition coefficient (Wildman–Crippen LogP) is 5.43. The standard InChI is InChI=1S/C24H25F2N3O2/c1-16-10-12-29(13-11-16)19-5-3-18(4-6-19)28-23(30)8-9-24-27-15-22(31-24)20-7-2-17(25)14-21(20)26/h2-7,14-16H,8-13H2,1H3,(H,28,30). The van der Waals surface area contributed by atoms with Crippen molar-refractivity contribution in [1.82, 2.24) is 4.98 Å². The van der Waals surface area contributed by atoms with E-state index in [4.69, 9.17) is 4.42 Å². The van der Waals surface area contributed by atoms with E-state index < -0.39 is 11.6 Å². The Morgan fingerprint density at radius 2 is 1.90 bits per heavy atom. The van der Waals surface area contributed by atoms with E-state index in [1.54, 1.807) is 0 Å². The zero-order chi connectivity index (χ0) is 21.8. The van der Waals surface area contributed by atoms with Gasteiger partial charge in [-0.05, 0) is 55.2 Å². The highest BCUT2D eigenvalue weighted by Gasteiger charge is 2.16. The van der Waals surface area contributed by atoms with Crippen LogP contribution in [0.3, 0.4) is 0 Å². The summed E-state index contributed by atoms with van der Waals surface area (Å²) >= 11 is 0. The topological polar surface area (TPSA) is 58.4 Å². The lowest BCUT2D eigenvalue weighted by Crippen LogP contribution is -2.32. The lowest BCUT2D eigenvalue weighted by molar-refractivity contribution is -0.116. The molecule has 2 aromatic carbocycles. The highest BCUT2D eigenvalue weighted by Crippen LogP contribution is 2.26. The van der Waals surface area contributed by atoms with Crippen molar-refractivity contribution in [2.75, 3.05) is 23.3 Å². The van der Waals surface area contributed by atoms with Crippen molar-refractivity contribution >= 4 is 17.3 Å². The molecule has 1 aliphatic heterocycles. The number of oxazole rings is 1. The number of nitrogens with zero attached hydrogens (tertiary/aromatic N) is 2. The molecule has 5 nitrogen and oxygen atoms in total. The second-order valence-corrected chi connectivity index (χ2v) is 8.01. The highest BCUT2D eigenvalue weighted by atomic mass is 19.1. The Hall–Kier alpha value is -3.22. The van der Waals surface area contributed by atoms with E-state index in [-0.39, 0.29) is 30.1 Å². The van der Waals surface area contributed by atoms with Gasteiger partial charge in [-0.3, -0.25) is 4.79 Å². The van der Waals surface area contributed by atoms with Gasteiger partial charge >= 0.3 is 0 Å². The quantitative estimate of drug-likeness (QED) is 0.572. The Labute approximate surface area is 180 Å². The van der Waals surface area contributed by atoms with Crippen LogP contribution in [0.15, 0.2) is 53.1 Å². The fourth-order valence-corrected chi connectivity index (χ4v) is 3.71. The number of carbonyl (C=O) groups excluding carboxylic acids is 1. The van der Waals surface area contributed by atoms with Crippen LogP contribution in [0.5, 0.6) is 0 Å². The van der Waals surface area contributed by atoms with Crippen LogP contribution in [0.25, 0.3) is 11.3 Å². The molecule has 0 unspecified atom stereocenters. The lowest BCUT2D eigenvalue weighted by atomic mass is 9.99. The number of aromatic nitrogens is 1. The molecule has 2 heterocycles. The highest BCUT2D eigenvalue weighted by molar-refractivity contribution is 5.91. The summed E-state index contributed by atoms with van der Waals surface area (Å²) in [6.07, 6.45) is 4.24. The summed E-state index contributed by atoms with van der Waals surface area (Å²) in [6.45, 7) is 4.41. The fourth-order valence-electron chi connectivity index (χ4n) is 3.71. The number of anilines is 2. The third-order valence-electron chi connectivity index (χ3n) is 5.62. The molecule has 0 saturated carbocycles. The zero-order valence-electron chi connectivity index (χ0n) is 17.4. The molecule has 1 N–H and O–H groups in total. The Balaban J connectivity index is 1.29. The molecule has 7 heteroatoms. The van der Waals surface area contributed by atoms with Crippen molar-refractivity contribution in [3.63, 3.8) is 0 Å². The molecule has 1 fully saturated rings. The number of nitrogens with one attached hydrogen (secondary N) is 1. The van der Waals surface area contributed by atoms with E-state index in [1.165, 1.54) is 30.8 Å². The molecule has 31 heavy (non-hydrogen) atoms. The maximum Gasteiger partial charge on any atom is 0.224 e. The van der Waals surface area contributed by atoms with Gasteiger partial charge in [0.05, 0.1) is 11.8 Å². The van der Waals surface area contributed by atoms with Gasteiger partial charge in [0.1, 0.15) is 11.6 Å². The van der Waals surface area contributed by atoms with E-state index in [0.29, 0.717) is 5.89 Å². The average molecular weight is 425 g/mol. The van der Waals surface area contributed by atoms with Crippen LogP contribution in [0.4, 0.5) is 20.2 Å². The SMILES string of the molecule is CC1CCN(c2ccc(NC(=O)CCc3ncc(-c4ccc(F)cc4F)o3)cc2)CC1. The van der Waals surface area contributed by atoms with Crippen LogP contribution < -0.4 is 10.2 Å². The molecular formula is C24H25F2N3O2. The Kier molecular flexibility index (Phi) is 6.30. The monoisotopic (exact) mass is 425 g/mol. The van der Waals surface area contributed by atoms with Crippen LogP contribution in [0.2, 0.25) is 0 Å². The molecular weight excluding hydrogens is 400 g/mol. The third kappa shape index (κ3) is 5.29. The number of rotatable bonds is 6. The van der Waals surface area contributed by atoms with Gasteiger partial charge in [0, 0.05) is 43.4 Å². The molecule has 1 saturated heterocycles. The van der Waals surface area contributed by atoms with Gasteiger partial charge in [-0.15, -0.1) is 0 Å². The Morgan fingerprint density at radius 3 is 2.61 bits per heavy atom. The molecule has 4 rings (SSSR count). The van der Waals surface area contributed by atoms with Crippen LogP contribution in [0.1, 0.15) is 32.1 Å². The van der Waals surface area contributed by atoms with Crippen molar-refractivity contribution in [1.29, 1.82) is 0 Å². The molecule has 1 amide bonds. The van der Waals surface area contributed by atoms with Crippen molar-refractivity contribution in [2.24, 2.45) is 5.92 Å². The van der Waals surface area contributed by atoms with Gasteiger partial charge in [-0.1, -0.05) is 6.92 Å². The third-order valence-corrected chi connectivity index (χ3v) is 5.62. The zero-order valence-corrected chi connectivity index (χ0v) is 17.4. The largest absolute Gasteiger partial charge is 0.441 e. The molecule has 0 atom stereocenters. The number of aryl methyl sites for hydroxylation is 1. The van der Waals surface area contributed by atoms with Crippen LogP contribution in [-0.4, -0.2) is 24.0 Å². The molecule has 162 valence electrons. The first-order valence-corrected chi connectivity index (χ1v) is 10.5.